The standard InChI is InChI=1S/C16H11BrClN3O3/c17-10-2-1-3-12(6-10)20-15(22)9-23-19-8-16-21-13-7-11(18)4-5-14(13)24-16/h1-8H,9H2,(H,20,22)/b19-8-. The molecule has 0 radical (unpaired) electrons. The van der Waals surface area contributed by atoms with Crippen molar-refractivity contribution < 1.29 is 14.0 Å². The zero-order valence-corrected chi connectivity index (χ0v) is 14.5. The molecular formula is C16H11BrClN3O3. The summed E-state index contributed by atoms with van der Waals surface area (Å²) in [7, 11) is 0. The number of hydrogen-bond donors (Lipinski definition) is 1. The molecule has 0 saturated carbocycles. The largest absolute Gasteiger partial charge is 0.435 e. The number of fused-ring (bicyclic) bond motifs is 1. The van der Waals surface area contributed by atoms with Gasteiger partial charge in [-0.05, 0) is 36.4 Å². The Bertz CT molecular complexity index is 910. The number of hydrogen-bond acceptors (Lipinski definition) is 5. The van der Waals surface area contributed by atoms with E-state index in [9.17, 15) is 4.79 Å². The van der Waals surface area contributed by atoms with Gasteiger partial charge in [0.05, 0.1) is 0 Å². The molecule has 0 unspecified atom stereocenters. The first-order valence-electron chi connectivity index (χ1n) is 6.87. The highest BCUT2D eigenvalue weighted by atomic mass is 79.9. The first kappa shape index (κ1) is 16.5. The molecule has 1 amide bonds. The highest BCUT2D eigenvalue weighted by molar-refractivity contribution is 9.10. The highest BCUT2D eigenvalue weighted by Gasteiger charge is 2.05. The minimum absolute atomic E-state index is 0.227. The van der Waals surface area contributed by atoms with Gasteiger partial charge < -0.3 is 14.6 Å². The Hall–Kier alpha value is -2.38. The maximum Gasteiger partial charge on any atom is 0.265 e. The van der Waals surface area contributed by atoms with Crippen molar-refractivity contribution in [2.75, 3.05) is 11.9 Å². The molecule has 3 rings (SSSR count). The van der Waals surface area contributed by atoms with Gasteiger partial charge >= 0.3 is 0 Å². The smallest absolute Gasteiger partial charge is 0.265 e. The van der Waals surface area contributed by atoms with Gasteiger partial charge in [0.25, 0.3) is 5.91 Å². The van der Waals surface area contributed by atoms with Gasteiger partial charge in [-0.1, -0.05) is 38.8 Å². The second-order valence-corrected chi connectivity index (χ2v) is 6.08. The lowest BCUT2D eigenvalue weighted by Crippen LogP contribution is -2.16. The first-order valence-corrected chi connectivity index (χ1v) is 8.04. The molecule has 0 bridgehead atoms. The number of anilines is 1. The summed E-state index contributed by atoms with van der Waals surface area (Å²) >= 11 is 9.21. The highest BCUT2D eigenvalue weighted by Crippen LogP contribution is 2.19. The van der Waals surface area contributed by atoms with Crippen LogP contribution in [0.3, 0.4) is 0 Å². The Morgan fingerprint density at radius 3 is 3.08 bits per heavy atom. The molecule has 6 nitrogen and oxygen atoms in total. The quantitative estimate of drug-likeness (QED) is 0.506. The summed E-state index contributed by atoms with van der Waals surface area (Å²) in [5, 5.41) is 6.93. The molecule has 3 aromatic rings. The normalized spacial score (nSPS) is 11.1. The number of oxazole rings is 1. The van der Waals surface area contributed by atoms with E-state index >= 15 is 0 Å². The number of oxime groups is 1. The number of carbonyl (C=O) groups is 1. The monoisotopic (exact) mass is 407 g/mol. The zero-order valence-electron chi connectivity index (χ0n) is 12.2. The minimum atomic E-state index is -0.324. The molecule has 24 heavy (non-hydrogen) atoms. The van der Waals surface area contributed by atoms with Gasteiger partial charge in [0, 0.05) is 15.2 Å². The fraction of sp³-hybridized carbons (Fsp3) is 0.0625. The summed E-state index contributed by atoms with van der Waals surface area (Å²) in [5.74, 6) is -0.0609. The van der Waals surface area contributed by atoms with E-state index in [0.717, 1.165) is 4.47 Å². The molecule has 0 spiro atoms. The lowest BCUT2D eigenvalue weighted by Gasteiger charge is -2.04. The molecule has 0 aliphatic carbocycles. The average Bonchev–Trinajstić information content (AvgIpc) is 2.93. The summed E-state index contributed by atoms with van der Waals surface area (Å²) in [6.07, 6.45) is 1.29. The van der Waals surface area contributed by atoms with E-state index in [1.54, 1.807) is 30.3 Å². The van der Waals surface area contributed by atoms with E-state index in [-0.39, 0.29) is 18.4 Å². The summed E-state index contributed by atoms with van der Waals surface area (Å²) in [4.78, 5) is 20.9. The molecular weight excluding hydrogens is 398 g/mol. The van der Waals surface area contributed by atoms with Gasteiger partial charge in [-0.25, -0.2) is 4.98 Å². The number of carbonyl (C=O) groups excluding carboxylic acids is 1. The van der Waals surface area contributed by atoms with Gasteiger partial charge in [-0.2, -0.15) is 0 Å². The van der Waals surface area contributed by atoms with E-state index in [4.69, 9.17) is 20.9 Å². The van der Waals surface area contributed by atoms with E-state index in [2.05, 4.69) is 31.4 Å². The topological polar surface area (TPSA) is 76.7 Å². The number of nitrogens with zero attached hydrogens (tertiary/aromatic N) is 2. The van der Waals surface area contributed by atoms with Crippen LogP contribution in [0.25, 0.3) is 11.1 Å². The van der Waals surface area contributed by atoms with Gasteiger partial charge in [0.1, 0.15) is 11.7 Å². The van der Waals surface area contributed by atoms with E-state index in [1.807, 2.05) is 12.1 Å². The maximum absolute atomic E-state index is 11.7. The maximum atomic E-state index is 11.7. The van der Waals surface area contributed by atoms with Crippen molar-refractivity contribution in [1.82, 2.24) is 4.98 Å². The van der Waals surface area contributed by atoms with Crippen molar-refractivity contribution in [3.05, 3.63) is 57.9 Å². The third kappa shape index (κ3) is 4.33. The van der Waals surface area contributed by atoms with Crippen LogP contribution >= 0.6 is 27.5 Å². The Kier molecular flexibility index (Phi) is 5.12. The van der Waals surface area contributed by atoms with E-state index in [0.29, 0.717) is 21.8 Å². The number of aromatic nitrogens is 1. The molecule has 0 atom stereocenters. The molecule has 0 aliphatic rings. The second kappa shape index (κ2) is 7.46. The van der Waals surface area contributed by atoms with Gasteiger partial charge in [0.15, 0.2) is 12.2 Å². The van der Waals surface area contributed by atoms with Crippen LogP contribution < -0.4 is 5.32 Å². The average molecular weight is 409 g/mol. The Morgan fingerprint density at radius 1 is 1.38 bits per heavy atom. The molecule has 2 aromatic carbocycles. The lowest BCUT2D eigenvalue weighted by molar-refractivity contribution is -0.120. The van der Waals surface area contributed by atoms with Crippen LogP contribution in [0.15, 0.2) is 56.5 Å². The van der Waals surface area contributed by atoms with Crippen LogP contribution in [0.5, 0.6) is 0 Å². The Labute approximate surface area is 150 Å². The summed E-state index contributed by atoms with van der Waals surface area (Å²) in [6.45, 7) is -0.227. The van der Waals surface area contributed by atoms with Crippen LogP contribution in [0, 0.1) is 0 Å². The molecule has 0 saturated heterocycles. The van der Waals surface area contributed by atoms with Gasteiger partial charge in [-0.3, -0.25) is 4.79 Å². The number of halogens is 2. The molecule has 0 fully saturated rings. The third-order valence-electron chi connectivity index (χ3n) is 2.91. The fourth-order valence-corrected chi connectivity index (χ4v) is 2.48. The van der Waals surface area contributed by atoms with Crippen LogP contribution in [0.1, 0.15) is 5.89 Å². The SMILES string of the molecule is O=C(CO/N=C\c1nc2cc(Cl)ccc2o1)Nc1cccc(Br)c1. The molecule has 1 N–H and O–H groups in total. The van der Waals surface area contributed by atoms with Crippen LogP contribution in [-0.2, 0) is 9.63 Å². The van der Waals surface area contributed by atoms with Gasteiger partial charge in [0.2, 0.25) is 5.89 Å². The first-order chi connectivity index (χ1) is 11.6. The number of rotatable bonds is 5. The number of nitrogens with one attached hydrogen (secondary N) is 1. The van der Waals surface area contributed by atoms with Crippen molar-refractivity contribution in [1.29, 1.82) is 0 Å². The predicted octanol–water partition coefficient (Wildman–Crippen LogP) is 4.23. The number of benzene rings is 2. The minimum Gasteiger partial charge on any atom is -0.435 e. The van der Waals surface area contributed by atoms with Crippen molar-refractivity contribution in [2.24, 2.45) is 5.16 Å². The van der Waals surface area contributed by atoms with Crippen molar-refractivity contribution in [2.45, 2.75) is 0 Å². The molecule has 122 valence electrons. The second-order valence-electron chi connectivity index (χ2n) is 4.73. The van der Waals surface area contributed by atoms with Crippen molar-refractivity contribution in [3.8, 4) is 0 Å². The molecule has 0 aliphatic heterocycles. The van der Waals surface area contributed by atoms with Crippen LogP contribution in [0.2, 0.25) is 5.02 Å². The Balaban J connectivity index is 1.53. The molecule has 1 heterocycles. The van der Waals surface area contributed by atoms with Crippen LogP contribution in [0.4, 0.5) is 5.69 Å². The summed E-state index contributed by atoms with van der Waals surface area (Å²) < 4.78 is 6.30. The zero-order chi connectivity index (χ0) is 16.9. The van der Waals surface area contributed by atoms with Crippen molar-refractivity contribution in [3.63, 3.8) is 0 Å². The summed E-state index contributed by atoms with van der Waals surface area (Å²) in [6, 6.07) is 12.3. The fourth-order valence-electron chi connectivity index (χ4n) is 1.92. The third-order valence-corrected chi connectivity index (χ3v) is 3.64. The number of amides is 1. The molecule has 8 heteroatoms. The van der Waals surface area contributed by atoms with Crippen LogP contribution in [-0.4, -0.2) is 23.7 Å². The summed E-state index contributed by atoms with van der Waals surface area (Å²) in [5.41, 5.74) is 1.88. The molecule has 1 aromatic heterocycles. The van der Waals surface area contributed by atoms with E-state index in [1.165, 1.54) is 6.21 Å². The Morgan fingerprint density at radius 2 is 2.25 bits per heavy atom. The predicted molar refractivity (Wildman–Crippen MR) is 95.3 cm³/mol. The van der Waals surface area contributed by atoms with Crippen molar-refractivity contribution >= 4 is 56.4 Å². The van der Waals surface area contributed by atoms with Gasteiger partial charge in [-0.15, -0.1) is 0 Å². The lowest BCUT2D eigenvalue weighted by atomic mass is 10.3. The van der Waals surface area contributed by atoms with E-state index < -0.39 is 0 Å².